The molecular weight excluding hydrogens is 206 g/mol. The molecule has 0 aliphatic carbocycles. The molecular formula is C12H23NO3. The first-order chi connectivity index (χ1) is 7.65. The van der Waals surface area contributed by atoms with Crippen molar-refractivity contribution in [2.45, 2.75) is 45.3 Å². The Bertz CT molecular complexity index is 220. The molecule has 0 aromatic rings. The molecule has 0 saturated carbocycles. The van der Waals surface area contributed by atoms with Gasteiger partial charge in [0.05, 0.1) is 18.8 Å². The Labute approximate surface area is 97.9 Å². The number of carbonyl (C=O) groups is 1. The first-order valence-corrected chi connectivity index (χ1v) is 6.05. The van der Waals surface area contributed by atoms with Crippen molar-refractivity contribution >= 4 is 5.91 Å². The molecule has 0 bridgehead atoms. The van der Waals surface area contributed by atoms with Gasteiger partial charge in [0.15, 0.2) is 0 Å². The summed E-state index contributed by atoms with van der Waals surface area (Å²) in [5.41, 5.74) is 0. The fourth-order valence-electron chi connectivity index (χ4n) is 1.92. The van der Waals surface area contributed by atoms with Crippen LogP contribution in [0.4, 0.5) is 0 Å². The molecule has 1 saturated heterocycles. The van der Waals surface area contributed by atoms with Crippen LogP contribution in [0.2, 0.25) is 0 Å². The SMILES string of the molecule is COCCCCC(=O)N1CC(C)OCC1C. The van der Waals surface area contributed by atoms with E-state index in [4.69, 9.17) is 9.47 Å². The lowest BCUT2D eigenvalue weighted by Gasteiger charge is -2.36. The van der Waals surface area contributed by atoms with Crippen LogP contribution in [0.15, 0.2) is 0 Å². The van der Waals surface area contributed by atoms with Crippen LogP contribution in [0, 0.1) is 0 Å². The van der Waals surface area contributed by atoms with Gasteiger partial charge in [-0.25, -0.2) is 0 Å². The third-order valence-corrected chi connectivity index (χ3v) is 2.92. The topological polar surface area (TPSA) is 38.8 Å². The Morgan fingerprint density at radius 1 is 1.44 bits per heavy atom. The van der Waals surface area contributed by atoms with E-state index in [1.807, 2.05) is 18.7 Å². The van der Waals surface area contributed by atoms with Gasteiger partial charge < -0.3 is 14.4 Å². The van der Waals surface area contributed by atoms with Gasteiger partial charge in [0.1, 0.15) is 0 Å². The molecule has 0 aromatic heterocycles. The molecule has 4 nitrogen and oxygen atoms in total. The standard InChI is InChI=1S/C12H23NO3/c1-10-9-16-11(2)8-13(10)12(14)6-4-5-7-15-3/h10-11H,4-9H2,1-3H3. The van der Waals surface area contributed by atoms with Crippen LogP contribution in [0.5, 0.6) is 0 Å². The molecule has 1 fully saturated rings. The molecule has 2 atom stereocenters. The second-order valence-corrected chi connectivity index (χ2v) is 4.49. The van der Waals surface area contributed by atoms with E-state index in [0.717, 1.165) is 26.0 Å². The van der Waals surface area contributed by atoms with E-state index in [0.29, 0.717) is 13.0 Å². The van der Waals surface area contributed by atoms with E-state index in [1.165, 1.54) is 0 Å². The summed E-state index contributed by atoms with van der Waals surface area (Å²) in [7, 11) is 1.69. The van der Waals surface area contributed by atoms with Gasteiger partial charge in [-0.15, -0.1) is 0 Å². The highest BCUT2D eigenvalue weighted by molar-refractivity contribution is 5.76. The monoisotopic (exact) mass is 229 g/mol. The minimum atomic E-state index is 0.166. The number of methoxy groups -OCH3 is 1. The van der Waals surface area contributed by atoms with Gasteiger partial charge in [-0.3, -0.25) is 4.79 Å². The summed E-state index contributed by atoms with van der Waals surface area (Å²) in [6.45, 7) is 6.17. The van der Waals surface area contributed by atoms with Crippen molar-refractivity contribution in [1.29, 1.82) is 0 Å². The minimum absolute atomic E-state index is 0.166. The lowest BCUT2D eigenvalue weighted by Crippen LogP contribution is -2.50. The minimum Gasteiger partial charge on any atom is -0.385 e. The summed E-state index contributed by atoms with van der Waals surface area (Å²) < 4.78 is 10.5. The van der Waals surface area contributed by atoms with Crippen LogP contribution in [0.1, 0.15) is 33.1 Å². The van der Waals surface area contributed by atoms with Crippen LogP contribution < -0.4 is 0 Å². The van der Waals surface area contributed by atoms with Crippen LogP contribution in [0.3, 0.4) is 0 Å². The molecule has 1 aliphatic rings. The zero-order valence-corrected chi connectivity index (χ0v) is 10.6. The first kappa shape index (κ1) is 13.5. The fraction of sp³-hybridized carbons (Fsp3) is 0.917. The number of morpholine rings is 1. The highest BCUT2D eigenvalue weighted by atomic mass is 16.5. The maximum absolute atomic E-state index is 11.9. The average Bonchev–Trinajstić information content (AvgIpc) is 2.27. The largest absolute Gasteiger partial charge is 0.385 e. The Balaban J connectivity index is 2.28. The van der Waals surface area contributed by atoms with Crippen molar-refractivity contribution in [2.75, 3.05) is 26.9 Å². The summed E-state index contributed by atoms with van der Waals surface area (Å²) in [6.07, 6.45) is 2.65. The van der Waals surface area contributed by atoms with Crippen molar-refractivity contribution < 1.29 is 14.3 Å². The van der Waals surface area contributed by atoms with Crippen molar-refractivity contribution in [1.82, 2.24) is 4.90 Å². The van der Waals surface area contributed by atoms with Gasteiger partial charge >= 0.3 is 0 Å². The van der Waals surface area contributed by atoms with Crippen molar-refractivity contribution in [3.63, 3.8) is 0 Å². The Kier molecular flexibility index (Phi) is 5.77. The highest BCUT2D eigenvalue weighted by Crippen LogP contribution is 2.13. The number of amides is 1. The number of carbonyl (C=O) groups excluding carboxylic acids is 1. The normalized spacial score (nSPS) is 25.8. The molecule has 1 rings (SSSR count). The molecule has 0 radical (unpaired) electrons. The number of unbranched alkanes of at least 4 members (excludes halogenated alkanes) is 1. The van der Waals surface area contributed by atoms with E-state index >= 15 is 0 Å². The number of nitrogens with zero attached hydrogens (tertiary/aromatic N) is 1. The fourth-order valence-corrected chi connectivity index (χ4v) is 1.92. The first-order valence-electron chi connectivity index (χ1n) is 6.05. The van der Waals surface area contributed by atoms with Crippen molar-refractivity contribution in [3.8, 4) is 0 Å². The summed E-state index contributed by atoms with van der Waals surface area (Å²) in [5, 5.41) is 0. The Hall–Kier alpha value is -0.610. The molecule has 16 heavy (non-hydrogen) atoms. The number of rotatable bonds is 5. The predicted molar refractivity (Wildman–Crippen MR) is 62.3 cm³/mol. The van der Waals surface area contributed by atoms with E-state index in [1.54, 1.807) is 7.11 Å². The number of ether oxygens (including phenoxy) is 2. The van der Waals surface area contributed by atoms with Gasteiger partial charge in [0.25, 0.3) is 0 Å². The molecule has 2 unspecified atom stereocenters. The zero-order valence-electron chi connectivity index (χ0n) is 10.6. The Morgan fingerprint density at radius 3 is 2.88 bits per heavy atom. The van der Waals surface area contributed by atoms with Crippen LogP contribution in [-0.4, -0.2) is 49.8 Å². The highest BCUT2D eigenvalue weighted by Gasteiger charge is 2.26. The molecule has 0 spiro atoms. The average molecular weight is 229 g/mol. The quantitative estimate of drug-likeness (QED) is 0.670. The second kappa shape index (κ2) is 6.86. The summed E-state index contributed by atoms with van der Waals surface area (Å²) in [6, 6.07) is 0.214. The van der Waals surface area contributed by atoms with Crippen LogP contribution in [-0.2, 0) is 14.3 Å². The summed E-state index contributed by atoms with van der Waals surface area (Å²) >= 11 is 0. The summed E-state index contributed by atoms with van der Waals surface area (Å²) in [4.78, 5) is 13.9. The van der Waals surface area contributed by atoms with Gasteiger partial charge in [-0.2, -0.15) is 0 Å². The molecule has 94 valence electrons. The molecule has 0 N–H and O–H groups in total. The van der Waals surface area contributed by atoms with Gasteiger partial charge in [0, 0.05) is 26.7 Å². The van der Waals surface area contributed by atoms with Crippen molar-refractivity contribution in [3.05, 3.63) is 0 Å². The molecule has 0 aromatic carbocycles. The third kappa shape index (κ3) is 4.10. The predicted octanol–water partition coefficient (Wildman–Crippen LogP) is 1.44. The molecule has 4 heteroatoms. The van der Waals surface area contributed by atoms with Gasteiger partial charge in [-0.1, -0.05) is 0 Å². The molecule has 1 amide bonds. The molecule has 1 aliphatic heterocycles. The third-order valence-electron chi connectivity index (χ3n) is 2.92. The van der Waals surface area contributed by atoms with Crippen LogP contribution in [0.25, 0.3) is 0 Å². The zero-order chi connectivity index (χ0) is 12.0. The van der Waals surface area contributed by atoms with E-state index < -0.39 is 0 Å². The lowest BCUT2D eigenvalue weighted by atomic mass is 10.1. The number of hydrogen-bond acceptors (Lipinski definition) is 3. The van der Waals surface area contributed by atoms with Gasteiger partial charge in [-0.05, 0) is 26.7 Å². The Morgan fingerprint density at radius 2 is 2.19 bits per heavy atom. The van der Waals surface area contributed by atoms with Crippen molar-refractivity contribution in [2.24, 2.45) is 0 Å². The van der Waals surface area contributed by atoms with E-state index in [-0.39, 0.29) is 18.1 Å². The van der Waals surface area contributed by atoms with Crippen LogP contribution >= 0.6 is 0 Å². The molecule has 1 heterocycles. The van der Waals surface area contributed by atoms with E-state index in [2.05, 4.69) is 0 Å². The summed E-state index contributed by atoms with van der Waals surface area (Å²) in [5.74, 6) is 0.249. The second-order valence-electron chi connectivity index (χ2n) is 4.49. The maximum Gasteiger partial charge on any atom is 0.222 e. The maximum atomic E-state index is 11.9. The lowest BCUT2D eigenvalue weighted by molar-refractivity contribution is -0.143. The number of hydrogen-bond donors (Lipinski definition) is 0. The smallest absolute Gasteiger partial charge is 0.222 e. The van der Waals surface area contributed by atoms with Gasteiger partial charge in [0.2, 0.25) is 5.91 Å². The van der Waals surface area contributed by atoms with E-state index in [9.17, 15) is 4.79 Å².